The van der Waals surface area contributed by atoms with E-state index in [-0.39, 0.29) is 34.6 Å². The van der Waals surface area contributed by atoms with Crippen molar-refractivity contribution in [3.63, 3.8) is 0 Å². The van der Waals surface area contributed by atoms with Gasteiger partial charge in [0, 0.05) is 36.3 Å². The summed E-state index contributed by atoms with van der Waals surface area (Å²) in [5.41, 5.74) is -0.235. The summed E-state index contributed by atoms with van der Waals surface area (Å²) < 4.78 is 6.96. The van der Waals surface area contributed by atoms with Crippen LogP contribution in [0.1, 0.15) is 85.5 Å². The molecule has 6 fully saturated rings. The molecular weight excluding hydrogens is 462 g/mol. The smallest absolute Gasteiger partial charge is 0.234 e. The molecule has 0 unspecified atom stereocenters. The maximum Gasteiger partial charge on any atom is 0.234 e. The second-order valence-electron chi connectivity index (χ2n) is 15.0. The molecule has 1 spiro atoms. The maximum absolute atomic E-state index is 14.3. The van der Waals surface area contributed by atoms with E-state index in [1.165, 1.54) is 19.3 Å². The number of piperidine rings is 1. The SMILES string of the molecule is C[C@H]1CC[C@@]2(NC1)O[C@H]1C[C@H]3[C@@H]4CC[C@@H]5C[C@@H](NC(=O)CN(C)C)CC[C@]5(C)[C@H]4CC(=O)[C@]3(C)[C@H]1[C@@H]2C. The van der Waals surface area contributed by atoms with E-state index in [0.29, 0.717) is 53.8 Å². The highest BCUT2D eigenvalue weighted by atomic mass is 16.5. The molecule has 6 aliphatic rings. The summed E-state index contributed by atoms with van der Waals surface area (Å²) >= 11 is 0. The summed E-state index contributed by atoms with van der Waals surface area (Å²) in [4.78, 5) is 28.6. The number of hydrogen-bond donors (Lipinski definition) is 2. The van der Waals surface area contributed by atoms with Gasteiger partial charge in [0.05, 0.1) is 12.6 Å². The molecule has 0 aromatic carbocycles. The summed E-state index contributed by atoms with van der Waals surface area (Å²) in [5, 5.41) is 7.13. The number of carbonyl (C=O) groups excluding carboxylic acids is 2. The van der Waals surface area contributed by atoms with Gasteiger partial charge in [0.1, 0.15) is 11.5 Å². The number of carbonyl (C=O) groups is 2. The van der Waals surface area contributed by atoms with E-state index >= 15 is 0 Å². The highest BCUT2D eigenvalue weighted by Crippen LogP contribution is 2.70. The number of ether oxygens (including phenoxy) is 1. The Bertz CT molecular complexity index is 929. The van der Waals surface area contributed by atoms with Crippen LogP contribution in [0.5, 0.6) is 0 Å². The molecule has 37 heavy (non-hydrogen) atoms. The Morgan fingerprint density at radius 1 is 1.08 bits per heavy atom. The predicted molar refractivity (Wildman–Crippen MR) is 145 cm³/mol. The minimum atomic E-state index is -0.236. The maximum atomic E-state index is 14.3. The predicted octanol–water partition coefficient (Wildman–Crippen LogP) is 4.23. The Labute approximate surface area is 224 Å². The highest BCUT2D eigenvalue weighted by molar-refractivity contribution is 5.87. The Morgan fingerprint density at radius 3 is 2.57 bits per heavy atom. The van der Waals surface area contributed by atoms with Gasteiger partial charge in [-0.15, -0.1) is 0 Å². The molecular formula is C31H51N3O3. The molecule has 2 aliphatic heterocycles. The van der Waals surface area contributed by atoms with Crippen LogP contribution < -0.4 is 10.6 Å². The molecule has 12 atom stereocenters. The van der Waals surface area contributed by atoms with Crippen molar-refractivity contribution in [1.82, 2.24) is 15.5 Å². The summed E-state index contributed by atoms with van der Waals surface area (Å²) in [5.74, 6) is 4.31. The zero-order valence-corrected chi connectivity index (χ0v) is 24.1. The van der Waals surface area contributed by atoms with Gasteiger partial charge in [0.15, 0.2) is 0 Å². The van der Waals surface area contributed by atoms with Crippen molar-refractivity contribution in [2.24, 2.45) is 52.3 Å². The first kappa shape index (κ1) is 26.3. The Balaban J connectivity index is 1.19. The Morgan fingerprint density at radius 2 is 1.86 bits per heavy atom. The molecule has 2 N–H and O–H groups in total. The summed E-state index contributed by atoms with van der Waals surface area (Å²) in [7, 11) is 3.89. The van der Waals surface area contributed by atoms with Gasteiger partial charge in [0.25, 0.3) is 0 Å². The Hall–Kier alpha value is -0.980. The zero-order valence-electron chi connectivity index (χ0n) is 24.1. The number of hydrogen-bond acceptors (Lipinski definition) is 5. The van der Waals surface area contributed by atoms with Crippen molar-refractivity contribution < 1.29 is 14.3 Å². The van der Waals surface area contributed by atoms with Crippen LogP contribution in [-0.2, 0) is 14.3 Å². The normalized spacial score (nSPS) is 52.9. The molecule has 2 heterocycles. The number of rotatable bonds is 3. The van der Waals surface area contributed by atoms with Gasteiger partial charge < -0.3 is 15.0 Å². The standard InChI is InChI=1S/C31H51N3O3/c1-18-9-12-31(32-16-18)19(2)28-25(37-31)14-24-22-8-7-20-13-21(33-27(36)17-34(5)6)10-11-29(20,3)23(22)15-26(35)30(24,28)4/h18-25,28,32H,7-17H2,1-6H3,(H,33,36)/t18-,19-,20+,21-,22+,23-,24-,25-,28-,29-,30+,31+/m0/s1. The van der Waals surface area contributed by atoms with Crippen molar-refractivity contribution in [2.45, 2.75) is 103 Å². The van der Waals surface area contributed by atoms with E-state index in [4.69, 9.17) is 4.74 Å². The monoisotopic (exact) mass is 513 g/mol. The van der Waals surface area contributed by atoms with E-state index in [2.05, 4.69) is 38.3 Å². The van der Waals surface area contributed by atoms with Crippen molar-refractivity contribution >= 4 is 11.7 Å². The van der Waals surface area contributed by atoms with Gasteiger partial charge in [-0.1, -0.05) is 27.7 Å². The fourth-order valence-corrected chi connectivity index (χ4v) is 10.8. The summed E-state index contributed by atoms with van der Waals surface area (Å²) in [6.45, 7) is 11.0. The molecule has 6 heteroatoms. The largest absolute Gasteiger partial charge is 0.357 e. The molecule has 0 aromatic rings. The second kappa shape index (κ2) is 9.02. The Kier molecular flexibility index (Phi) is 6.40. The number of Topliss-reactive ketones (excluding diaryl/α,β-unsaturated/α-hetero) is 1. The zero-order chi connectivity index (χ0) is 26.3. The number of nitrogens with zero attached hydrogens (tertiary/aromatic N) is 1. The molecule has 6 nitrogen and oxygen atoms in total. The van der Waals surface area contributed by atoms with Gasteiger partial charge in [-0.05, 0) is 100 Å². The lowest BCUT2D eigenvalue weighted by Gasteiger charge is -2.60. The summed E-state index contributed by atoms with van der Waals surface area (Å²) in [6, 6.07) is 0.286. The minimum absolute atomic E-state index is 0.141. The van der Waals surface area contributed by atoms with Gasteiger partial charge in [-0.2, -0.15) is 0 Å². The van der Waals surface area contributed by atoms with Crippen molar-refractivity contribution in [1.29, 1.82) is 0 Å². The van der Waals surface area contributed by atoms with Gasteiger partial charge >= 0.3 is 0 Å². The first-order chi connectivity index (χ1) is 17.5. The molecule has 0 radical (unpaired) electrons. The molecule has 0 bridgehead atoms. The third-order valence-corrected chi connectivity index (χ3v) is 12.8. The highest BCUT2D eigenvalue weighted by Gasteiger charge is 2.71. The minimum Gasteiger partial charge on any atom is -0.357 e. The summed E-state index contributed by atoms with van der Waals surface area (Å²) in [6.07, 6.45) is 10.1. The first-order valence-corrected chi connectivity index (χ1v) is 15.4. The van der Waals surface area contributed by atoms with Crippen LogP contribution in [-0.4, -0.2) is 61.6 Å². The molecule has 6 rings (SSSR count). The van der Waals surface area contributed by atoms with Crippen molar-refractivity contribution in [3.05, 3.63) is 0 Å². The molecule has 1 amide bonds. The lowest BCUT2D eigenvalue weighted by atomic mass is 9.44. The van der Waals surface area contributed by atoms with Crippen LogP contribution in [0.25, 0.3) is 0 Å². The number of ketones is 1. The molecule has 4 saturated carbocycles. The molecule has 208 valence electrons. The van der Waals surface area contributed by atoms with Crippen LogP contribution in [0.15, 0.2) is 0 Å². The van der Waals surface area contributed by atoms with Gasteiger partial charge in [0.2, 0.25) is 5.91 Å². The second-order valence-corrected chi connectivity index (χ2v) is 15.0. The van der Waals surface area contributed by atoms with Crippen LogP contribution in [0, 0.1) is 52.3 Å². The van der Waals surface area contributed by atoms with E-state index < -0.39 is 0 Å². The van der Waals surface area contributed by atoms with E-state index in [9.17, 15) is 9.59 Å². The van der Waals surface area contributed by atoms with Crippen molar-refractivity contribution in [2.75, 3.05) is 27.2 Å². The van der Waals surface area contributed by atoms with Gasteiger partial charge in [-0.3, -0.25) is 14.9 Å². The lowest BCUT2D eigenvalue weighted by molar-refractivity contribution is -0.160. The van der Waals surface area contributed by atoms with Crippen LogP contribution in [0.3, 0.4) is 0 Å². The topological polar surface area (TPSA) is 70.7 Å². The number of amides is 1. The van der Waals surface area contributed by atoms with Crippen LogP contribution in [0.2, 0.25) is 0 Å². The van der Waals surface area contributed by atoms with E-state index in [1.807, 2.05) is 19.0 Å². The van der Waals surface area contributed by atoms with Crippen molar-refractivity contribution in [3.8, 4) is 0 Å². The number of fused-ring (bicyclic) bond motifs is 7. The number of likely N-dealkylation sites (N-methyl/N-ethyl adjacent to an activating group) is 1. The lowest BCUT2D eigenvalue weighted by Crippen LogP contribution is -2.60. The first-order valence-electron chi connectivity index (χ1n) is 15.4. The van der Waals surface area contributed by atoms with E-state index in [1.54, 1.807) is 0 Å². The average molecular weight is 514 g/mol. The van der Waals surface area contributed by atoms with Crippen LogP contribution >= 0.6 is 0 Å². The fourth-order valence-electron chi connectivity index (χ4n) is 10.8. The molecule has 4 aliphatic carbocycles. The third kappa shape index (κ3) is 3.89. The third-order valence-electron chi connectivity index (χ3n) is 12.8. The average Bonchev–Trinajstić information content (AvgIpc) is 3.28. The number of nitrogens with one attached hydrogen (secondary N) is 2. The fraction of sp³-hybridized carbons (Fsp3) is 0.935. The van der Waals surface area contributed by atoms with Gasteiger partial charge in [-0.25, -0.2) is 0 Å². The van der Waals surface area contributed by atoms with E-state index in [0.717, 1.165) is 45.1 Å². The molecule has 2 saturated heterocycles. The quantitative estimate of drug-likeness (QED) is 0.591. The van der Waals surface area contributed by atoms with Crippen LogP contribution in [0.4, 0.5) is 0 Å². The molecule has 0 aromatic heterocycles.